The minimum Gasteiger partial charge on any atom is -0.452 e. The zero-order chi connectivity index (χ0) is 17.7. The predicted octanol–water partition coefficient (Wildman–Crippen LogP) is 1.15. The first kappa shape index (κ1) is 18.4. The van der Waals surface area contributed by atoms with Crippen LogP contribution in [0.25, 0.3) is 0 Å². The van der Waals surface area contributed by atoms with E-state index in [0.29, 0.717) is 0 Å². The fraction of sp³-hybridized carbons (Fsp3) is 0.500. The van der Waals surface area contributed by atoms with E-state index in [1.165, 1.54) is 38.4 Å². The number of hydrogen-bond acceptors (Lipinski definition) is 5. The zero-order valence-electron chi connectivity index (χ0n) is 13.8. The number of benzene rings is 1. The molecule has 0 heterocycles. The SMILES string of the molecule is CN(C)S(=O)(=O)c1cccc(C(=O)OCC(=O)NC2CCCC2)c1. The van der Waals surface area contributed by atoms with Gasteiger partial charge in [0.15, 0.2) is 6.61 Å². The first-order valence-electron chi connectivity index (χ1n) is 7.80. The van der Waals surface area contributed by atoms with Crippen LogP contribution in [-0.2, 0) is 19.6 Å². The molecule has 8 heteroatoms. The molecule has 1 aliphatic carbocycles. The third-order valence-electron chi connectivity index (χ3n) is 3.90. The van der Waals surface area contributed by atoms with Crippen molar-refractivity contribution in [1.82, 2.24) is 9.62 Å². The average Bonchev–Trinajstić information content (AvgIpc) is 3.05. The summed E-state index contributed by atoms with van der Waals surface area (Å²) in [6, 6.07) is 5.72. The number of esters is 1. The summed E-state index contributed by atoms with van der Waals surface area (Å²) in [5, 5.41) is 2.82. The van der Waals surface area contributed by atoms with E-state index < -0.39 is 16.0 Å². The fourth-order valence-electron chi connectivity index (χ4n) is 2.55. The Balaban J connectivity index is 1.96. The maximum Gasteiger partial charge on any atom is 0.338 e. The van der Waals surface area contributed by atoms with Gasteiger partial charge in [0.1, 0.15) is 0 Å². The van der Waals surface area contributed by atoms with Gasteiger partial charge in [0.25, 0.3) is 5.91 Å². The first-order valence-corrected chi connectivity index (χ1v) is 9.24. The number of sulfonamides is 1. The second-order valence-electron chi connectivity index (χ2n) is 5.94. The minimum absolute atomic E-state index is 0.00245. The number of nitrogens with zero attached hydrogens (tertiary/aromatic N) is 1. The van der Waals surface area contributed by atoms with E-state index >= 15 is 0 Å². The van der Waals surface area contributed by atoms with Crippen molar-refractivity contribution in [2.45, 2.75) is 36.6 Å². The number of nitrogens with one attached hydrogen (secondary N) is 1. The Morgan fingerprint density at radius 2 is 1.92 bits per heavy atom. The lowest BCUT2D eigenvalue weighted by atomic mass is 10.2. The van der Waals surface area contributed by atoms with Gasteiger partial charge in [-0.2, -0.15) is 0 Å². The molecule has 0 radical (unpaired) electrons. The molecule has 0 atom stereocenters. The molecule has 7 nitrogen and oxygen atoms in total. The summed E-state index contributed by atoms with van der Waals surface area (Å²) in [7, 11) is -0.813. The molecule has 0 saturated heterocycles. The Morgan fingerprint density at radius 3 is 2.54 bits per heavy atom. The van der Waals surface area contributed by atoms with E-state index in [2.05, 4.69) is 5.32 Å². The standard InChI is InChI=1S/C16H22N2O5S/c1-18(2)24(21,22)14-9-5-6-12(10-14)16(20)23-11-15(19)17-13-7-3-4-8-13/h5-6,9-10,13H,3-4,7-8,11H2,1-2H3,(H,17,19). The van der Waals surface area contributed by atoms with Crippen LogP contribution in [0.15, 0.2) is 29.2 Å². The predicted molar refractivity (Wildman–Crippen MR) is 88.0 cm³/mol. The van der Waals surface area contributed by atoms with Gasteiger partial charge in [0, 0.05) is 20.1 Å². The first-order chi connectivity index (χ1) is 11.3. The van der Waals surface area contributed by atoms with Crippen molar-refractivity contribution >= 4 is 21.9 Å². The molecule has 1 amide bonds. The number of amides is 1. The lowest BCUT2D eigenvalue weighted by molar-refractivity contribution is -0.124. The van der Waals surface area contributed by atoms with Gasteiger partial charge in [0.2, 0.25) is 10.0 Å². The fourth-order valence-corrected chi connectivity index (χ4v) is 3.50. The third-order valence-corrected chi connectivity index (χ3v) is 5.71. The molecule has 0 aliphatic heterocycles. The molecule has 0 unspecified atom stereocenters. The Morgan fingerprint density at radius 1 is 1.25 bits per heavy atom. The van der Waals surface area contributed by atoms with Gasteiger partial charge < -0.3 is 10.1 Å². The zero-order valence-corrected chi connectivity index (χ0v) is 14.6. The Hall–Kier alpha value is -1.93. The van der Waals surface area contributed by atoms with Crippen molar-refractivity contribution in [2.75, 3.05) is 20.7 Å². The molecule has 1 N–H and O–H groups in total. The van der Waals surface area contributed by atoms with Crippen molar-refractivity contribution < 1.29 is 22.7 Å². The van der Waals surface area contributed by atoms with Crippen LogP contribution in [0.3, 0.4) is 0 Å². The molecular formula is C16H22N2O5S. The maximum atomic E-state index is 12.1. The molecule has 0 spiro atoms. The van der Waals surface area contributed by atoms with E-state index in [-0.39, 0.29) is 29.0 Å². The van der Waals surface area contributed by atoms with Crippen LogP contribution in [0, 0.1) is 0 Å². The highest BCUT2D eigenvalue weighted by molar-refractivity contribution is 7.89. The molecule has 24 heavy (non-hydrogen) atoms. The van der Waals surface area contributed by atoms with Crippen molar-refractivity contribution in [3.63, 3.8) is 0 Å². The number of rotatable bonds is 6. The van der Waals surface area contributed by atoms with Gasteiger partial charge in [-0.15, -0.1) is 0 Å². The Labute approximate surface area is 142 Å². The number of hydrogen-bond donors (Lipinski definition) is 1. The van der Waals surface area contributed by atoms with Gasteiger partial charge in [-0.1, -0.05) is 18.9 Å². The van der Waals surface area contributed by atoms with Crippen LogP contribution in [0.2, 0.25) is 0 Å². The lowest BCUT2D eigenvalue weighted by Crippen LogP contribution is -2.35. The summed E-state index contributed by atoms with van der Waals surface area (Å²) in [5.74, 6) is -1.07. The summed E-state index contributed by atoms with van der Waals surface area (Å²) >= 11 is 0. The van der Waals surface area contributed by atoms with Crippen molar-refractivity contribution in [3.05, 3.63) is 29.8 Å². The van der Waals surface area contributed by atoms with Crippen LogP contribution >= 0.6 is 0 Å². The third kappa shape index (κ3) is 4.55. The summed E-state index contributed by atoms with van der Waals surface area (Å²) < 4.78 is 30.2. The van der Waals surface area contributed by atoms with Gasteiger partial charge in [0.05, 0.1) is 10.5 Å². The monoisotopic (exact) mass is 354 g/mol. The summed E-state index contributed by atoms with van der Waals surface area (Å²) in [4.78, 5) is 23.8. The molecule has 132 valence electrons. The van der Waals surface area contributed by atoms with Gasteiger partial charge in [-0.3, -0.25) is 4.79 Å². The number of carbonyl (C=O) groups is 2. The van der Waals surface area contributed by atoms with E-state index in [4.69, 9.17) is 4.74 Å². The molecule has 0 aromatic heterocycles. The summed E-state index contributed by atoms with van der Waals surface area (Å²) in [5.41, 5.74) is 0.0894. The maximum absolute atomic E-state index is 12.1. The van der Waals surface area contributed by atoms with Gasteiger partial charge in [-0.25, -0.2) is 17.5 Å². The van der Waals surface area contributed by atoms with Crippen LogP contribution < -0.4 is 5.32 Å². The molecule has 1 aromatic carbocycles. The van der Waals surface area contributed by atoms with Crippen molar-refractivity contribution in [1.29, 1.82) is 0 Å². The van der Waals surface area contributed by atoms with E-state index in [9.17, 15) is 18.0 Å². The lowest BCUT2D eigenvalue weighted by Gasteiger charge is -2.13. The molecule has 1 saturated carbocycles. The Bertz CT molecular complexity index is 709. The van der Waals surface area contributed by atoms with Crippen LogP contribution in [0.4, 0.5) is 0 Å². The van der Waals surface area contributed by atoms with E-state index in [1.807, 2.05) is 0 Å². The largest absolute Gasteiger partial charge is 0.452 e. The second-order valence-corrected chi connectivity index (χ2v) is 8.09. The summed E-state index contributed by atoms with van der Waals surface area (Å²) in [6.45, 7) is -0.375. The van der Waals surface area contributed by atoms with Crippen LogP contribution in [0.1, 0.15) is 36.0 Å². The highest BCUT2D eigenvalue weighted by Crippen LogP contribution is 2.18. The normalized spacial score (nSPS) is 15.5. The average molecular weight is 354 g/mol. The van der Waals surface area contributed by atoms with Crippen molar-refractivity contribution in [3.8, 4) is 0 Å². The van der Waals surface area contributed by atoms with E-state index in [0.717, 1.165) is 30.0 Å². The minimum atomic E-state index is -3.63. The number of ether oxygens (including phenoxy) is 1. The smallest absolute Gasteiger partial charge is 0.338 e. The topological polar surface area (TPSA) is 92.8 Å². The highest BCUT2D eigenvalue weighted by Gasteiger charge is 2.20. The Kier molecular flexibility index (Phi) is 5.95. The molecule has 0 bridgehead atoms. The summed E-state index contributed by atoms with van der Waals surface area (Å²) in [6.07, 6.45) is 4.09. The van der Waals surface area contributed by atoms with Crippen LogP contribution in [-0.4, -0.2) is 51.3 Å². The molecular weight excluding hydrogens is 332 g/mol. The molecule has 1 aromatic rings. The van der Waals surface area contributed by atoms with Gasteiger partial charge in [-0.05, 0) is 31.0 Å². The molecule has 1 fully saturated rings. The molecule has 2 rings (SSSR count). The molecule has 1 aliphatic rings. The number of carbonyl (C=O) groups excluding carboxylic acids is 2. The second kappa shape index (κ2) is 7.76. The highest BCUT2D eigenvalue weighted by atomic mass is 32.2. The van der Waals surface area contributed by atoms with Crippen molar-refractivity contribution in [2.24, 2.45) is 0 Å². The van der Waals surface area contributed by atoms with Gasteiger partial charge >= 0.3 is 5.97 Å². The quantitative estimate of drug-likeness (QED) is 0.774. The van der Waals surface area contributed by atoms with E-state index in [1.54, 1.807) is 0 Å². The van der Waals surface area contributed by atoms with Crippen LogP contribution in [0.5, 0.6) is 0 Å².